The number of para-hydroxylation sites is 2. The van der Waals surface area contributed by atoms with E-state index in [9.17, 15) is 4.79 Å². The molecule has 2 aromatic carbocycles. The Morgan fingerprint density at radius 3 is 2.71 bits per heavy atom. The van der Waals surface area contributed by atoms with Crippen LogP contribution in [0.1, 0.15) is 31.7 Å². The van der Waals surface area contributed by atoms with Gasteiger partial charge in [0, 0.05) is 18.7 Å². The van der Waals surface area contributed by atoms with Crippen LogP contribution in [0.5, 0.6) is 0 Å². The maximum absolute atomic E-state index is 12.2. The molecule has 4 heteroatoms. The number of aromatic nitrogens is 2. The van der Waals surface area contributed by atoms with Crippen molar-refractivity contribution < 1.29 is 4.79 Å². The molecule has 24 heavy (non-hydrogen) atoms. The van der Waals surface area contributed by atoms with Crippen molar-refractivity contribution in [2.75, 3.05) is 5.32 Å². The van der Waals surface area contributed by atoms with E-state index in [0.717, 1.165) is 23.1 Å². The summed E-state index contributed by atoms with van der Waals surface area (Å²) < 4.78 is 2.02. The number of aryl methyl sites for hydroxylation is 2. The normalized spacial score (nSPS) is 10.9. The highest BCUT2D eigenvalue weighted by Gasteiger charge is 2.06. The number of nitrogens with zero attached hydrogens (tertiary/aromatic N) is 2. The van der Waals surface area contributed by atoms with Gasteiger partial charge in [-0.3, -0.25) is 4.79 Å². The molecule has 1 aromatic heterocycles. The minimum atomic E-state index is 0.0223. The number of amides is 1. The number of imidazole rings is 1. The Morgan fingerprint density at radius 1 is 1.12 bits per heavy atom. The van der Waals surface area contributed by atoms with Gasteiger partial charge in [-0.1, -0.05) is 37.6 Å². The van der Waals surface area contributed by atoms with Crippen LogP contribution in [0.4, 0.5) is 5.69 Å². The monoisotopic (exact) mass is 321 g/mol. The molecule has 0 aliphatic heterocycles. The van der Waals surface area contributed by atoms with E-state index in [4.69, 9.17) is 0 Å². The third kappa shape index (κ3) is 4.02. The number of carbonyl (C=O) groups excluding carboxylic acids is 1. The fourth-order valence-electron chi connectivity index (χ4n) is 2.77. The molecule has 0 aliphatic rings. The molecule has 0 bridgehead atoms. The first-order valence-electron chi connectivity index (χ1n) is 8.55. The molecule has 1 heterocycles. The summed E-state index contributed by atoms with van der Waals surface area (Å²) in [4.78, 5) is 16.5. The van der Waals surface area contributed by atoms with E-state index in [0.29, 0.717) is 13.0 Å². The lowest BCUT2D eigenvalue weighted by atomic mass is 10.1. The van der Waals surface area contributed by atoms with Crippen molar-refractivity contribution in [2.45, 2.75) is 39.2 Å². The largest absolute Gasteiger partial charge is 0.330 e. The number of hydrogen-bond donors (Lipinski definition) is 1. The standard InChI is InChI=1S/C20H23N3O/c1-2-3-6-16-9-11-17(12-10-16)22-20(24)13-14-23-15-21-18-7-4-5-8-19(18)23/h4-5,7-12,15H,2-3,6,13-14H2,1H3,(H,22,24). The van der Waals surface area contributed by atoms with E-state index in [-0.39, 0.29) is 5.91 Å². The zero-order valence-corrected chi connectivity index (χ0v) is 14.0. The number of anilines is 1. The third-order valence-corrected chi connectivity index (χ3v) is 4.16. The molecule has 4 nitrogen and oxygen atoms in total. The van der Waals surface area contributed by atoms with Crippen LogP contribution >= 0.6 is 0 Å². The Morgan fingerprint density at radius 2 is 1.92 bits per heavy atom. The van der Waals surface area contributed by atoms with Gasteiger partial charge >= 0.3 is 0 Å². The number of unbranched alkanes of at least 4 members (excludes halogenated alkanes) is 1. The predicted octanol–water partition coefficient (Wildman–Crippen LogP) is 4.41. The predicted molar refractivity (Wildman–Crippen MR) is 98.0 cm³/mol. The molecular weight excluding hydrogens is 298 g/mol. The molecule has 0 radical (unpaired) electrons. The lowest BCUT2D eigenvalue weighted by Crippen LogP contribution is -2.14. The van der Waals surface area contributed by atoms with Gasteiger partial charge < -0.3 is 9.88 Å². The van der Waals surface area contributed by atoms with E-state index in [1.54, 1.807) is 6.33 Å². The SMILES string of the molecule is CCCCc1ccc(NC(=O)CCn2cnc3ccccc32)cc1. The van der Waals surface area contributed by atoms with E-state index >= 15 is 0 Å². The maximum Gasteiger partial charge on any atom is 0.226 e. The van der Waals surface area contributed by atoms with Gasteiger partial charge in [-0.15, -0.1) is 0 Å². The molecule has 3 rings (SSSR count). The molecular formula is C20H23N3O. The van der Waals surface area contributed by atoms with Crippen LogP contribution in [-0.4, -0.2) is 15.5 Å². The minimum absolute atomic E-state index is 0.0223. The van der Waals surface area contributed by atoms with Gasteiger partial charge in [-0.05, 0) is 42.7 Å². The summed E-state index contributed by atoms with van der Waals surface area (Å²) in [5.41, 5.74) is 4.20. The maximum atomic E-state index is 12.2. The van der Waals surface area contributed by atoms with Crippen LogP contribution in [-0.2, 0) is 17.8 Å². The fraction of sp³-hybridized carbons (Fsp3) is 0.300. The lowest BCUT2D eigenvalue weighted by molar-refractivity contribution is -0.116. The molecule has 0 unspecified atom stereocenters. The summed E-state index contributed by atoms with van der Waals surface area (Å²) >= 11 is 0. The van der Waals surface area contributed by atoms with E-state index in [1.165, 1.54) is 18.4 Å². The van der Waals surface area contributed by atoms with Gasteiger partial charge in [0.25, 0.3) is 0 Å². The summed E-state index contributed by atoms with van der Waals surface area (Å²) in [5, 5.41) is 2.96. The van der Waals surface area contributed by atoms with Gasteiger partial charge in [0.1, 0.15) is 0 Å². The van der Waals surface area contributed by atoms with Crippen LogP contribution in [0.25, 0.3) is 11.0 Å². The molecule has 3 aromatic rings. The molecule has 0 atom stereocenters. The average Bonchev–Trinajstić information content (AvgIpc) is 3.03. The van der Waals surface area contributed by atoms with Crippen molar-refractivity contribution in [3.8, 4) is 0 Å². The first-order chi connectivity index (χ1) is 11.8. The molecule has 0 spiro atoms. The molecule has 1 amide bonds. The van der Waals surface area contributed by atoms with Gasteiger partial charge in [-0.25, -0.2) is 4.98 Å². The zero-order chi connectivity index (χ0) is 16.8. The number of nitrogens with one attached hydrogen (secondary N) is 1. The second kappa shape index (κ2) is 7.77. The summed E-state index contributed by atoms with van der Waals surface area (Å²) in [6.07, 6.45) is 5.71. The Kier molecular flexibility index (Phi) is 5.26. The average molecular weight is 321 g/mol. The molecule has 0 aliphatic carbocycles. The summed E-state index contributed by atoms with van der Waals surface area (Å²) in [7, 11) is 0. The van der Waals surface area contributed by atoms with Gasteiger partial charge in [0.15, 0.2) is 0 Å². The molecule has 1 N–H and O–H groups in total. The zero-order valence-electron chi connectivity index (χ0n) is 14.0. The Hall–Kier alpha value is -2.62. The van der Waals surface area contributed by atoms with Crippen molar-refractivity contribution in [2.24, 2.45) is 0 Å². The Labute approximate surface area is 142 Å². The van der Waals surface area contributed by atoms with E-state index < -0.39 is 0 Å². The molecule has 0 saturated heterocycles. The van der Waals surface area contributed by atoms with Crippen molar-refractivity contribution in [3.05, 3.63) is 60.4 Å². The van der Waals surface area contributed by atoms with Crippen LogP contribution in [0.15, 0.2) is 54.9 Å². The number of fused-ring (bicyclic) bond motifs is 1. The van der Waals surface area contributed by atoms with Crippen LogP contribution in [0, 0.1) is 0 Å². The molecule has 0 saturated carbocycles. The van der Waals surface area contributed by atoms with Crippen LogP contribution in [0.2, 0.25) is 0 Å². The smallest absolute Gasteiger partial charge is 0.226 e. The number of rotatable bonds is 7. The van der Waals surface area contributed by atoms with Crippen LogP contribution in [0.3, 0.4) is 0 Å². The topological polar surface area (TPSA) is 46.9 Å². The van der Waals surface area contributed by atoms with Gasteiger partial charge in [0.2, 0.25) is 5.91 Å². The van der Waals surface area contributed by atoms with E-state index in [2.05, 4.69) is 29.4 Å². The van der Waals surface area contributed by atoms with Crippen molar-refractivity contribution in [3.63, 3.8) is 0 Å². The Bertz CT molecular complexity index is 805. The van der Waals surface area contributed by atoms with Gasteiger partial charge in [-0.2, -0.15) is 0 Å². The first-order valence-corrected chi connectivity index (χ1v) is 8.55. The Balaban J connectivity index is 1.54. The highest BCUT2D eigenvalue weighted by molar-refractivity contribution is 5.90. The summed E-state index contributed by atoms with van der Waals surface area (Å²) in [5.74, 6) is 0.0223. The van der Waals surface area contributed by atoms with Gasteiger partial charge in [0.05, 0.1) is 17.4 Å². The summed E-state index contributed by atoms with van der Waals surface area (Å²) in [6, 6.07) is 16.1. The quantitative estimate of drug-likeness (QED) is 0.701. The van der Waals surface area contributed by atoms with Crippen molar-refractivity contribution in [1.82, 2.24) is 9.55 Å². The molecule has 0 fully saturated rings. The minimum Gasteiger partial charge on any atom is -0.330 e. The highest BCUT2D eigenvalue weighted by Crippen LogP contribution is 2.14. The van der Waals surface area contributed by atoms with Crippen LogP contribution < -0.4 is 5.32 Å². The summed E-state index contributed by atoms with van der Waals surface area (Å²) in [6.45, 7) is 2.82. The fourth-order valence-corrected chi connectivity index (χ4v) is 2.77. The van der Waals surface area contributed by atoms with E-state index in [1.807, 2.05) is 41.0 Å². The first kappa shape index (κ1) is 16.2. The number of carbonyl (C=O) groups is 1. The lowest BCUT2D eigenvalue weighted by Gasteiger charge is -2.07. The number of benzene rings is 2. The van der Waals surface area contributed by atoms with Crippen molar-refractivity contribution in [1.29, 1.82) is 0 Å². The molecule has 124 valence electrons. The van der Waals surface area contributed by atoms with Crippen molar-refractivity contribution >= 4 is 22.6 Å². The second-order valence-corrected chi connectivity index (χ2v) is 6.03. The third-order valence-electron chi connectivity index (χ3n) is 4.16. The highest BCUT2D eigenvalue weighted by atomic mass is 16.1. The number of hydrogen-bond acceptors (Lipinski definition) is 2. The second-order valence-electron chi connectivity index (χ2n) is 6.03.